The largest absolute Gasteiger partial charge is 0.423 e. The molecular weight excluding hydrogens is 341 g/mol. The number of nitriles is 1. The van der Waals surface area contributed by atoms with E-state index in [2.05, 4.69) is 6.58 Å². The zero-order valence-corrected chi connectivity index (χ0v) is 14.3. The zero-order chi connectivity index (χ0) is 19.0. The molecule has 0 unspecified atom stereocenters. The number of benzene rings is 3. The molecule has 0 spiro atoms. The Morgan fingerprint density at radius 2 is 1.70 bits per heavy atom. The zero-order valence-electron chi connectivity index (χ0n) is 14.3. The molecule has 0 saturated heterocycles. The summed E-state index contributed by atoms with van der Waals surface area (Å²) in [5.41, 5.74) is 6.07. The molecule has 130 valence electrons. The highest BCUT2D eigenvalue weighted by molar-refractivity contribution is 5.84. The molecule has 0 saturated carbocycles. The number of fused-ring (bicyclic) bond motifs is 3. The third kappa shape index (κ3) is 3.00. The van der Waals surface area contributed by atoms with E-state index in [-0.39, 0.29) is 5.56 Å². The maximum atomic E-state index is 13.9. The number of halogens is 1. The quantitative estimate of drug-likeness (QED) is 0.294. The predicted octanol–water partition coefficient (Wildman–Crippen LogP) is 5.03. The highest BCUT2D eigenvalue weighted by atomic mass is 19.1. The molecule has 0 heterocycles. The smallest absolute Gasteiger partial charge is 0.335 e. The van der Waals surface area contributed by atoms with Gasteiger partial charge in [0.25, 0.3) is 0 Å². The van der Waals surface area contributed by atoms with Crippen molar-refractivity contribution in [1.82, 2.24) is 0 Å². The van der Waals surface area contributed by atoms with Crippen LogP contribution in [-0.4, -0.2) is 5.97 Å². The molecule has 0 aliphatic heterocycles. The van der Waals surface area contributed by atoms with Crippen molar-refractivity contribution >= 4 is 5.97 Å². The van der Waals surface area contributed by atoms with Gasteiger partial charge in [-0.05, 0) is 64.1 Å². The van der Waals surface area contributed by atoms with E-state index in [4.69, 9.17) is 10.00 Å². The first kappa shape index (κ1) is 16.7. The van der Waals surface area contributed by atoms with Gasteiger partial charge in [0.05, 0.1) is 5.56 Å². The van der Waals surface area contributed by atoms with E-state index in [0.717, 1.165) is 39.5 Å². The van der Waals surface area contributed by atoms with Crippen LogP contribution in [0.3, 0.4) is 0 Å². The summed E-state index contributed by atoms with van der Waals surface area (Å²) in [5.74, 6) is -0.524. The normalized spacial score (nSPS) is 11.3. The molecule has 3 aromatic rings. The fourth-order valence-electron chi connectivity index (χ4n) is 3.37. The van der Waals surface area contributed by atoms with E-state index in [1.807, 2.05) is 36.4 Å². The Balaban J connectivity index is 1.67. The van der Waals surface area contributed by atoms with E-state index in [9.17, 15) is 9.18 Å². The molecule has 0 amide bonds. The molecule has 4 heteroatoms. The Bertz CT molecular complexity index is 1140. The maximum Gasteiger partial charge on any atom is 0.335 e. The number of carbonyl (C=O) groups excluding carboxylic acids is 1. The first-order chi connectivity index (χ1) is 13.1. The van der Waals surface area contributed by atoms with Crippen molar-refractivity contribution in [2.24, 2.45) is 0 Å². The Labute approximate surface area is 156 Å². The van der Waals surface area contributed by atoms with Crippen LogP contribution >= 0.6 is 0 Å². The lowest BCUT2D eigenvalue weighted by molar-refractivity contribution is -0.128. The Hall–Kier alpha value is -3.71. The van der Waals surface area contributed by atoms with Gasteiger partial charge in [-0.1, -0.05) is 36.9 Å². The van der Waals surface area contributed by atoms with Crippen LogP contribution in [0.25, 0.3) is 22.3 Å². The van der Waals surface area contributed by atoms with Crippen LogP contribution in [0.15, 0.2) is 67.3 Å². The van der Waals surface area contributed by atoms with Gasteiger partial charge in [0.15, 0.2) is 0 Å². The molecule has 0 aromatic heterocycles. The monoisotopic (exact) mass is 355 g/mol. The molecule has 4 rings (SSSR count). The molecule has 1 aliphatic rings. The van der Waals surface area contributed by atoms with Crippen molar-refractivity contribution in [3.63, 3.8) is 0 Å². The van der Waals surface area contributed by atoms with Gasteiger partial charge in [-0.2, -0.15) is 5.26 Å². The van der Waals surface area contributed by atoms with Gasteiger partial charge in [0.1, 0.15) is 17.6 Å². The van der Waals surface area contributed by atoms with Crippen LogP contribution in [0.2, 0.25) is 0 Å². The topological polar surface area (TPSA) is 50.1 Å². The van der Waals surface area contributed by atoms with Gasteiger partial charge < -0.3 is 4.74 Å². The predicted molar refractivity (Wildman–Crippen MR) is 101 cm³/mol. The van der Waals surface area contributed by atoms with Crippen LogP contribution < -0.4 is 4.74 Å². The van der Waals surface area contributed by atoms with Crippen molar-refractivity contribution in [2.45, 2.75) is 6.42 Å². The van der Waals surface area contributed by atoms with Crippen molar-refractivity contribution in [3.05, 3.63) is 89.8 Å². The average Bonchev–Trinajstić information content (AvgIpc) is 3.04. The Morgan fingerprint density at radius 3 is 2.41 bits per heavy atom. The van der Waals surface area contributed by atoms with E-state index in [0.29, 0.717) is 12.2 Å². The number of esters is 1. The third-order valence-electron chi connectivity index (χ3n) is 4.66. The van der Waals surface area contributed by atoms with Crippen LogP contribution in [0.4, 0.5) is 4.39 Å². The molecular formula is C23H14FNO2. The molecule has 0 N–H and O–H groups in total. The summed E-state index contributed by atoms with van der Waals surface area (Å²) in [6.45, 7) is 3.40. The summed E-state index contributed by atoms with van der Waals surface area (Å²) in [6, 6.07) is 18.0. The summed E-state index contributed by atoms with van der Waals surface area (Å²) in [4.78, 5) is 11.4. The van der Waals surface area contributed by atoms with Crippen molar-refractivity contribution < 1.29 is 13.9 Å². The fourth-order valence-corrected chi connectivity index (χ4v) is 3.37. The van der Waals surface area contributed by atoms with Gasteiger partial charge in [0, 0.05) is 6.08 Å². The highest BCUT2D eigenvalue weighted by Gasteiger charge is 2.20. The second-order valence-corrected chi connectivity index (χ2v) is 6.30. The van der Waals surface area contributed by atoms with Crippen LogP contribution in [0.1, 0.15) is 16.7 Å². The minimum Gasteiger partial charge on any atom is -0.423 e. The van der Waals surface area contributed by atoms with Crippen molar-refractivity contribution in [1.29, 1.82) is 5.26 Å². The van der Waals surface area contributed by atoms with Gasteiger partial charge in [0.2, 0.25) is 0 Å². The summed E-state index contributed by atoms with van der Waals surface area (Å²) in [6.07, 6.45) is 1.84. The van der Waals surface area contributed by atoms with Crippen molar-refractivity contribution in [2.75, 3.05) is 0 Å². The van der Waals surface area contributed by atoms with Crippen LogP contribution in [-0.2, 0) is 11.2 Å². The molecule has 3 aromatic carbocycles. The van der Waals surface area contributed by atoms with Gasteiger partial charge in [-0.25, -0.2) is 9.18 Å². The minimum atomic E-state index is -0.521. The SMILES string of the molecule is C=CC(=O)Oc1ccc2c(c1)Cc1cc(-c3ccc(C#N)c(F)c3)ccc1-2. The summed E-state index contributed by atoms with van der Waals surface area (Å²) >= 11 is 0. The van der Waals surface area contributed by atoms with Crippen molar-refractivity contribution in [3.8, 4) is 34.1 Å². The number of ether oxygens (including phenoxy) is 1. The number of carbonyl (C=O) groups is 1. The Kier molecular flexibility index (Phi) is 4.06. The first-order valence-electron chi connectivity index (χ1n) is 8.39. The van der Waals surface area contributed by atoms with E-state index in [1.165, 1.54) is 12.1 Å². The highest BCUT2D eigenvalue weighted by Crippen LogP contribution is 2.40. The molecule has 27 heavy (non-hydrogen) atoms. The lowest BCUT2D eigenvalue weighted by atomic mass is 9.98. The molecule has 0 radical (unpaired) electrons. The molecule has 3 nitrogen and oxygen atoms in total. The number of hydrogen-bond donors (Lipinski definition) is 0. The Morgan fingerprint density at radius 1 is 1.04 bits per heavy atom. The first-order valence-corrected chi connectivity index (χ1v) is 8.39. The standard InChI is InChI=1S/C23H14FNO2/c1-2-23(26)27-19-6-8-21-18(11-19)10-17-9-14(5-7-20(17)21)15-3-4-16(13-25)22(24)12-15/h2-9,11-12H,1,10H2. The molecule has 1 aliphatic carbocycles. The van der Waals surface area contributed by atoms with Crippen LogP contribution in [0, 0.1) is 17.1 Å². The fraction of sp³-hybridized carbons (Fsp3) is 0.0435. The van der Waals surface area contributed by atoms with Gasteiger partial charge in [-0.15, -0.1) is 0 Å². The van der Waals surface area contributed by atoms with Gasteiger partial charge in [-0.3, -0.25) is 0 Å². The lowest BCUT2D eigenvalue weighted by Crippen LogP contribution is -2.03. The number of nitrogens with zero attached hydrogens (tertiary/aromatic N) is 1. The number of rotatable bonds is 3. The van der Waals surface area contributed by atoms with E-state index >= 15 is 0 Å². The lowest BCUT2D eigenvalue weighted by Gasteiger charge is -2.07. The second kappa shape index (κ2) is 6.54. The van der Waals surface area contributed by atoms with E-state index < -0.39 is 11.8 Å². The summed E-state index contributed by atoms with van der Waals surface area (Å²) < 4.78 is 19.1. The molecule has 0 fully saturated rings. The maximum absolute atomic E-state index is 13.9. The number of hydrogen-bond acceptors (Lipinski definition) is 3. The van der Waals surface area contributed by atoms with E-state index in [1.54, 1.807) is 12.1 Å². The van der Waals surface area contributed by atoms with Crippen LogP contribution in [0.5, 0.6) is 5.75 Å². The minimum absolute atomic E-state index is 0.0360. The molecule has 0 atom stereocenters. The second-order valence-electron chi connectivity index (χ2n) is 6.30. The summed E-state index contributed by atoms with van der Waals surface area (Å²) in [5, 5.41) is 8.87. The summed E-state index contributed by atoms with van der Waals surface area (Å²) in [7, 11) is 0. The molecule has 0 bridgehead atoms. The van der Waals surface area contributed by atoms with Gasteiger partial charge >= 0.3 is 5.97 Å². The third-order valence-corrected chi connectivity index (χ3v) is 4.66. The average molecular weight is 355 g/mol.